The van der Waals surface area contributed by atoms with Crippen molar-refractivity contribution in [3.05, 3.63) is 70.9 Å². The summed E-state index contributed by atoms with van der Waals surface area (Å²) in [5.41, 5.74) is 3.98. The zero-order valence-electron chi connectivity index (χ0n) is 15.3. The number of benzene rings is 2. The highest BCUT2D eigenvalue weighted by Crippen LogP contribution is 2.34. The van der Waals surface area contributed by atoms with E-state index in [1.54, 1.807) is 17.0 Å². The van der Waals surface area contributed by atoms with E-state index in [9.17, 15) is 9.18 Å². The largest absolute Gasteiger partial charge is 0.337 e. The molecule has 2 heterocycles. The van der Waals surface area contributed by atoms with Gasteiger partial charge in [0.1, 0.15) is 11.9 Å². The van der Waals surface area contributed by atoms with Crippen LogP contribution in [0, 0.1) is 19.7 Å². The van der Waals surface area contributed by atoms with Crippen molar-refractivity contribution in [3.8, 4) is 11.4 Å². The van der Waals surface area contributed by atoms with Crippen molar-refractivity contribution in [2.24, 2.45) is 0 Å². The molecule has 1 unspecified atom stereocenters. The van der Waals surface area contributed by atoms with Crippen LogP contribution in [0.1, 0.15) is 41.5 Å². The Morgan fingerprint density at radius 3 is 2.81 bits per heavy atom. The maximum Gasteiger partial charge on any atom is 0.249 e. The van der Waals surface area contributed by atoms with Gasteiger partial charge < -0.3 is 9.42 Å². The summed E-state index contributed by atoms with van der Waals surface area (Å²) in [6.07, 6.45) is 1.03. The molecule has 3 aromatic rings. The molecule has 1 aliphatic rings. The van der Waals surface area contributed by atoms with Crippen LogP contribution in [0.2, 0.25) is 0 Å². The maximum absolute atomic E-state index is 13.5. The van der Waals surface area contributed by atoms with E-state index in [1.807, 2.05) is 25.1 Å². The summed E-state index contributed by atoms with van der Waals surface area (Å²) in [6, 6.07) is 12.0. The molecule has 2 aromatic carbocycles. The highest BCUT2D eigenvalue weighted by molar-refractivity contribution is 5.78. The number of amides is 1. The number of rotatable bonds is 4. The molecule has 6 heteroatoms. The quantitative estimate of drug-likeness (QED) is 0.689. The van der Waals surface area contributed by atoms with E-state index in [1.165, 1.54) is 17.7 Å². The van der Waals surface area contributed by atoms with E-state index in [-0.39, 0.29) is 17.8 Å². The maximum atomic E-state index is 13.5. The summed E-state index contributed by atoms with van der Waals surface area (Å²) in [5, 5.41) is 4.10. The molecule has 0 N–H and O–H groups in total. The van der Waals surface area contributed by atoms with Crippen LogP contribution in [-0.4, -0.2) is 20.9 Å². The average Bonchev–Trinajstić information content (AvgIpc) is 3.25. The molecule has 1 atom stereocenters. The third-order valence-electron chi connectivity index (χ3n) is 5.06. The average molecular weight is 365 g/mol. The molecule has 1 aromatic heterocycles. The van der Waals surface area contributed by atoms with Crippen molar-refractivity contribution in [1.82, 2.24) is 15.0 Å². The number of hydrogen-bond donors (Lipinski definition) is 0. The number of nitrogens with zero attached hydrogens (tertiary/aromatic N) is 3. The Bertz CT molecular complexity index is 999. The Kier molecular flexibility index (Phi) is 4.48. The zero-order chi connectivity index (χ0) is 19.0. The van der Waals surface area contributed by atoms with Crippen LogP contribution < -0.4 is 0 Å². The Morgan fingerprint density at radius 2 is 2.04 bits per heavy atom. The van der Waals surface area contributed by atoms with Crippen molar-refractivity contribution in [2.45, 2.75) is 39.3 Å². The van der Waals surface area contributed by atoms with E-state index >= 15 is 0 Å². The van der Waals surface area contributed by atoms with Gasteiger partial charge in [-0.1, -0.05) is 29.4 Å². The van der Waals surface area contributed by atoms with Crippen LogP contribution in [-0.2, 0) is 11.3 Å². The first-order valence-electron chi connectivity index (χ1n) is 8.96. The van der Waals surface area contributed by atoms with Gasteiger partial charge in [0, 0.05) is 18.5 Å². The van der Waals surface area contributed by atoms with Gasteiger partial charge in [0.05, 0.1) is 0 Å². The molecule has 1 aliphatic heterocycles. The topological polar surface area (TPSA) is 59.2 Å². The molecule has 138 valence electrons. The number of carbonyl (C=O) groups is 1. The molecule has 0 radical (unpaired) electrons. The fourth-order valence-electron chi connectivity index (χ4n) is 3.39. The lowest BCUT2D eigenvalue weighted by Crippen LogP contribution is -2.27. The molecule has 0 bridgehead atoms. The zero-order valence-corrected chi connectivity index (χ0v) is 15.3. The Hall–Kier alpha value is -3.02. The number of aromatic nitrogens is 2. The molecule has 0 saturated carbocycles. The molecule has 0 aliphatic carbocycles. The summed E-state index contributed by atoms with van der Waals surface area (Å²) in [6.45, 7) is 4.41. The predicted molar refractivity (Wildman–Crippen MR) is 98.1 cm³/mol. The molecule has 0 spiro atoms. The standard InChI is InChI=1S/C21H20FN3O2/c1-13-6-7-16(10-14(13)2)20-23-21(27-24-20)18-8-9-19(26)25(18)12-15-4-3-5-17(22)11-15/h3-7,10-11,18H,8-9,12H2,1-2H3. The van der Waals surface area contributed by atoms with Gasteiger partial charge in [-0.3, -0.25) is 4.79 Å². The molecular formula is C21H20FN3O2. The molecule has 5 nitrogen and oxygen atoms in total. The fourth-order valence-corrected chi connectivity index (χ4v) is 3.39. The van der Waals surface area contributed by atoms with Crippen LogP contribution in [0.15, 0.2) is 47.0 Å². The summed E-state index contributed by atoms with van der Waals surface area (Å²) in [7, 11) is 0. The summed E-state index contributed by atoms with van der Waals surface area (Å²) in [5.74, 6) is 0.629. The minimum atomic E-state index is -0.314. The number of carbonyl (C=O) groups excluding carboxylic acids is 1. The second kappa shape index (κ2) is 6.95. The third kappa shape index (κ3) is 3.47. The van der Waals surface area contributed by atoms with Crippen molar-refractivity contribution >= 4 is 5.91 Å². The second-order valence-electron chi connectivity index (χ2n) is 6.96. The highest BCUT2D eigenvalue weighted by atomic mass is 19.1. The molecule has 1 saturated heterocycles. The van der Waals surface area contributed by atoms with Crippen molar-refractivity contribution < 1.29 is 13.7 Å². The number of hydrogen-bond acceptors (Lipinski definition) is 4. The van der Waals surface area contributed by atoms with Gasteiger partial charge in [-0.25, -0.2) is 4.39 Å². The SMILES string of the molecule is Cc1ccc(-c2noc(C3CCC(=O)N3Cc3cccc(F)c3)n2)cc1C. The van der Waals surface area contributed by atoms with Gasteiger partial charge in [0.2, 0.25) is 17.6 Å². The molecule has 4 rings (SSSR count). The van der Waals surface area contributed by atoms with Crippen LogP contribution >= 0.6 is 0 Å². The van der Waals surface area contributed by atoms with E-state index < -0.39 is 0 Å². The number of likely N-dealkylation sites (tertiary alicyclic amines) is 1. The molecule has 27 heavy (non-hydrogen) atoms. The van der Waals surface area contributed by atoms with Crippen LogP contribution in [0.3, 0.4) is 0 Å². The smallest absolute Gasteiger partial charge is 0.249 e. The lowest BCUT2D eigenvalue weighted by Gasteiger charge is -2.22. The van der Waals surface area contributed by atoms with Gasteiger partial charge in [-0.15, -0.1) is 0 Å². The minimum absolute atomic E-state index is 0.00944. The molecule has 1 amide bonds. The van der Waals surface area contributed by atoms with E-state index in [4.69, 9.17) is 4.52 Å². The Balaban J connectivity index is 1.59. The molecule has 1 fully saturated rings. The van der Waals surface area contributed by atoms with Crippen LogP contribution in [0.25, 0.3) is 11.4 Å². The van der Waals surface area contributed by atoms with Gasteiger partial charge in [-0.05, 0) is 55.2 Å². The molecular weight excluding hydrogens is 345 g/mol. The van der Waals surface area contributed by atoms with Gasteiger partial charge in [0.15, 0.2) is 0 Å². The highest BCUT2D eigenvalue weighted by Gasteiger charge is 2.36. The van der Waals surface area contributed by atoms with Crippen molar-refractivity contribution in [3.63, 3.8) is 0 Å². The second-order valence-corrected chi connectivity index (χ2v) is 6.96. The lowest BCUT2D eigenvalue weighted by molar-refractivity contribution is -0.130. The Labute approximate surface area is 156 Å². The van der Waals surface area contributed by atoms with Crippen molar-refractivity contribution in [1.29, 1.82) is 0 Å². The monoisotopic (exact) mass is 365 g/mol. The lowest BCUT2D eigenvalue weighted by atomic mass is 10.1. The van der Waals surface area contributed by atoms with Crippen molar-refractivity contribution in [2.75, 3.05) is 0 Å². The summed E-state index contributed by atoms with van der Waals surface area (Å²) >= 11 is 0. The van der Waals surface area contributed by atoms with Crippen LogP contribution in [0.4, 0.5) is 4.39 Å². The minimum Gasteiger partial charge on any atom is -0.337 e. The van der Waals surface area contributed by atoms with Gasteiger partial charge in [-0.2, -0.15) is 4.98 Å². The third-order valence-corrected chi connectivity index (χ3v) is 5.06. The Morgan fingerprint density at radius 1 is 1.19 bits per heavy atom. The fraction of sp³-hybridized carbons (Fsp3) is 0.286. The van der Waals surface area contributed by atoms with E-state index in [2.05, 4.69) is 17.1 Å². The van der Waals surface area contributed by atoms with E-state index in [0.717, 1.165) is 16.7 Å². The predicted octanol–water partition coefficient (Wildman–Crippen LogP) is 4.36. The normalized spacial score (nSPS) is 16.9. The van der Waals surface area contributed by atoms with Gasteiger partial charge >= 0.3 is 0 Å². The first-order chi connectivity index (χ1) is 13.0. The van der Waals surface area contributed by atoms with Crippen LogP contribution in [0.5, 0.6) is 0 Å². The van der Waals surface area contributed by atoms with Gasteiger partial charge in [0.25, 0.3) is 0 Å². The first-order valence-corrected chi connectivity index (χ1v) is 8.96. The first kappa shape index (κ1) is 17.4. The summed E-state index contributed by atoms with van der Waals surface area (Å²) < 4.78 is 19.0. The van der Waals surface area contributed by atoms with E-state index in [0.29, 0.717) is 31.1 Å². The number of aryl methyl sites for hydroxylation is 2. The number of halogens is 1. The summed E-state index contributed by atoms with van der Waals surface area (Å²) in [4.78, 5) is 18.6.